The Morgan fingerprint density at radius 3 is 0.800 bits per heavy atom. The van der Waals surface area contributed by atoms with Crippen molar-refractivity contribution >= 4 is 21.0 Å². The van der Waals surface area contributed by atoms with Crippen molar-refractivity contribution in [3.63, 3.8) is 0 Å². The van der Waals surface area contributed by atoms with Gasteiger partial charge in [0, 0.05) is 0 Å². The average molecular weight is 180 g/mol. The zero-order valence-electron chi connectivity index (χ0n) is 7.26. The van der Waals surface area contributed by atoms with Crippen LogP contribution in [0.15, 0.2) is 0 Å². The first-order valence-electron chi connectivity index (χ1n) is 2.20. The maximum atomic E-state index is 8.06. The van der Waals surface area contributed by atoms with Crippen LogP contribution in [0, 0.1) is 0 Å². The minimum Gasteiger partial charge on any atom is -0.866 e. The van der Waals surface area contributed by atoms with E-state index in [0.29, 0.717) is 0 Å². The lowest BCUT2D eigenvalue weighted by atomic mass is 10.8. The number of hydrogen-bond acceptors (Lipinski definition) is 2. The van der Waals surface area contributed by atoms with E-state index in [1.165, 1.54) is 0 Å². The van der Waals surface area contributed by atoms with E-state index in [1.54, 1.807) is 21.0 Å². The second-order valence-electron chi connectivity index (χ2n) is 2.68. The Morgan fingerprint density at radius 1 is 0.800 bits per heavy atom. The molecule has 10 heavy (non-hydrogen) atoms. The highest BCUT2D eigenvalue weighted by atomic mass is 28.2. The van der Waals surface area contributed by atoms with E-state index in [2.05, 4.69) is 28.2 Å². The van der Waals surface area contributed by atoms with E-state index in [1.807, 2.05) is 0 Å². The first kappa shape index (κ1) is 22.4. The van der Waals surface area contributed by atoms with E-state index in [4.69, 9.17) is 9.59 Å². The van der Waals surface area contributed by atoms with Crippen molar-refractivity contribution in [2.75, 3.05) is 28.2 Å². The molecular weight excluding hydrogens is 164 g/mol. The molecule has 4 nitrogen and oxygen atoms in total. The van der Waals surface area contributed by atoms with E-state index in [-0.39, 0.29) is 6.15 Å². The smallest absolute Gasteiger partial charge is 0.0675 e. The summed E-state index contributed by atoms with van der Waals surface area (Å²) in [6, 6.07) is 0. The molecule has 6 radical (unpaired) electrons. The van der Waals surface area contributed by atoms with Gasteiger partial charge in [-0.3, -0.25) is 0 Å². The lowest BCUT2D eigenvalue weighted by Gasteiger charge is -2.14. The standard InChI is InChI=1S/C4H12N.H3N.2OSi/c1-5(2,3)4;;2*1-2/h1-4H3;1H3;;/q+1;;2*-1/p+1. The van der Waals surface area contributed by atoms with Gasteiger partial charge in [-0.25, -0.2) is 0 Å². The summed E-state index contributed by atoms with van der Waals surface area (Å²) in [6.07, 6.45) is 0. The topological polar surface area (TPSA) is 82.6 Å². The number of nitrogens with zero attached hydrogens (tertiary/aromatic N) is 1. The Hall–Kier alpha value is 0.274. The number of quaternary nitrogens is 2. The normalized spacial score (nSPS) is 7.20. The van der Waals surface area contributed by atoms with Crippen molar-refractivity contribution in [1.82, 2.24) is 6.15 Å². The maximum absolute atomic E-state index is 8.06. The van der Waals surface area contributed by atoms with E-state index in [9.17, 15) is 0 Å². The second kappa shape index (κ2) is 16.1. The quantitative estimate of drug-likeness (QED) is 0.332. The second-order valence-corrected chi connectivity index (χ2v) is 2.68. The van der Waals surface area contributed by atoms with Crippen LogP contribution in [0.3, 0.4) is 0 Å². The predicted octanol–water partition coefficient (Wildman–Crippen LogP) is -2.44. The predicted molar refractivity (Wildman–Crippen MR) is 41.4 cm³/mol. The molecule has 0 unspecified atom stereocenters. The summed E-state index contributed by atoms with van der Waals surface area (Å²) in [5.74, 6) is 0. The fraction of sp³-hybridized carbons (Fsp3) is 1.00. The molecule has 0 atom stereocenters. The Kier molecular flexibility index (Phi) is 36.2. The minimum atomic E-state index is 0. The highest BCUT2D eigenvalue weighted by molar-refractivity contribution is 5.92. The lowest BCUT2D eigenvalue weighted by Crippen LogP contribution is -2.27. The molecule has 0 aliphatic carbocycles. The molecule has 0 aromatic heterocycles. The van der Waals surface area contributed by atoms with E-state index >= 15 is 0 Å². The van der Waals surface area contributed by atoms with E-state index < -0.39 is 0 Å². The molecule has 0 bridgehead atoms. The van der Waals surface area contributed by atoms with Crippen molar-refractivity contribution in [3.8, 4) is 0 Å². The Labute approximate surface area is 70.1 Å². The van der Waals surface area contributed by atoms with Crippen molar-refractivity contribution in [2.24, 2.45) is 0 Å². The van der Waals surface area contributed by atoms with Gasteiger partial charge >= 0.3 is 0 Å². The van der Waals surface area contributed by atoms with Gasteiger partial charge in [0.2, 0.25) is 0 Å². The SMILES string of the molecule is C[N+](C)(C)C.[NH4+].[O-][Si].[O-][Si]. The third kappa shape index (κ3) is 5840. The van der Waals surface area contributed by atoms with Crippen LogP contribution < -0.4 is 15.7 Å². The molecule has 0 spiro atoms. The van der Waals surface area contributed by atoms with Crippen LogP contribution in [-0.2, 0) is 0 Å². The van der Waals surface area contributed by atoms with Gasteiger partial charge in [-0.05, 0) is 0 Å². The third-order valence-electron chi connectivity index (χ3n) is 0. The molecule has 4 N–H and O–H groups in total. The highest BCUT2D eigenvalue weighted by Crippen LogP contribution is 1.73. The minimum absolute atomic E-state index is 0. The van der Waals surface area contributed by atoms with Gasteiger partial charge in [-0.15, -0.1) is 21.0 Å². The third-order valence-corrected chi connectivity index (χ3v) is 0. The molecule has 0 fully saturated rings. The fourth-order valence-electron chi connectivity index (χ4n) is 0. The number of rotatable bonds is 0. The largest absolute Gasteiger partial charge is 0.866 e. The number of hydrogen-bond donors (Lipinski definition) is 1. The molecule has 0 aromatic carbocycles. The van der Waals surface area contributed by atoms with Gasteiger partial charge in [-0.2, -0.15) is 0 Å². The van der Waals surface area contributed by atoms with Crippen LogP contribution in [-0.4, -0.2) is 53.6 Å². The highest BCUT2D eigenvalue weighted by Gasteiger charge is 1.88. The zero-order chi connectivity index (χ0) is 8.50. The first-order chi connectivity index (χ1) is 4.00. The monoisotopic (exact) mass is 180 g/mol. The summed E-state index contributed by atoms with van der Waals surface area (Å²) in [5.41, 5.74) is 0. The summed E-state index contributed by atoms with van der Waals surface area (Å²) < 4.78 is 1.00. The van der Waals surface area contributed by atoms with Crippen LogP contribution in [0.2, 0.25) is 0 Å². The van der Waals surface area contributed by atoms with Crippen molar-refractivity contribution < 1.29 is 14.1 Å². The molecule has 0 rings (SSSR count). The van der Waals surface area contributed by atoms with Gasteiger partial charge in [-0.1, -0.05) is 0 Å². The van der Waals surface area contributed by atoms with Crippen molar-refractivity contribution in [2.45, 2.75) is 0 Å². The van der Waals surface area contributed by atoms with E-state index in [0.717, 1.165) is 4.48 Å². The van der Waals surface area contributed by atoms with Crippen LogP contribution in [0.1, 0.15) is 0 Å². The summed E-state index contributed by atoms with van der Waals surface area (Å²) in [6.45, 7) is 0. The first-order valence-corrected chi connectivity index (χ1v) is 3.01. The van der Waals surface area contributed by atoms with Crippen LogP contribution in [0.5, 0.6) is 0 Å². The van der Waals surface area contributed by atoms with Gasteiger partial charge in [0.15, 0.2) is 0 Å². The lowest BCUT2D eigenvalue weighted by molar-refractivity contribution is -0.849. The molecule has 0 aliphatic rings. The summed E-state index contributed by atoms with van der Waals surface area (Å²) in [5, 5.41) is 0. The molecular formula is C4H16N2O2Si2. The van der Waals surface area contributed by atoms with Crippen LogP contribution in [0.25, 0.3) is 0 Å². The van der Waals surface area contributed by atoms with Gasteiger partial charge < -0.3 is 20.2 Å². The summed E-state index contributed by atoms with van der Waals surface area (Å²) in [4.78, 5) is 16.1. The molecule has 0 saturated heterocycles. The van der Waals surface area contributed by atoms with Gasteiger partial charge in [0.1, 0.15) is 0 Å². The molecule has 0 heterocycles. The molecule has 0 saturated carbocycles. The molecule has 0 aliphatic heterocycles. The molecule has 0 aromatic rings. The molecule has 6 heteroatoms. The Balaban J connectivity index is -0.0000000315. The van der Waals surface area contributed by atoms with Gasteiger partial charge in [0.05, 0.1) is 28.2 Å². The zero-order valence-corrected chi connectivity index (χ0v) is 9.26. The Bertz CT molecular complexity index is 34.7. The van der Waals surface area contributed by atoms with Gasteiger partial charge in [0.25, 0.3) is 0 Å². The van der Waals surface area contributed by atoms with Crippen LogP contribution in [0.4, 0.5) is 0 Å². The average Bonchev–Trinajstić information content (AvgIpc) is 1.72. The molecule has 0 amide bonds. The van der Waals surface area contributed by atoms with Crippen LogP contribution >= 0.6 is 0 Å². The Morgan fingerprint density at radius 2 is 0.800 bits per heavy atom. The molecule has 62 valence electrons. The van der Waals surface area contributed by atoms with Crippen molar-refractivity contribution in [3.05, 3.63) is 0 Å². The fourth-order valence-corrected chi connectivity index (χ4v) is 0. The summed E-state index contributed by atoms with van der Waals surface area (Å²) in [7, 11) is 11.9. The summed E-state index contributed by atoms with van der Waals surface area (Å²) >= 11 is 0. The maximum Gasteiger partial charge on any atom is 0.0675 e. The van der Waals surface area contributed by atoms with Crippen molar-refractivity contribution in [1.29, 1.82) is 0 Å².